The van der Waals surface area contributed by atoms with Crippen molar-refractivity contribution in [2.24, 2.45) is 5.92 Å². The second-order valence-corrected chi connectivity index (χ2v) is 5.28. The number of aromatic amines is 1. The van der Waals surface area contributed by atoms with Crippen molar-refractivity contribution in [3.05, 3.63) is 11.6 Å². The largest absolute Gasteiger partial charge is 0.336 e. The summed E-state index contributed by atoms with van der Waals surface area (Å²) in [6.07, 6.45) is 3.39. The SMILES string of the molecule is CNCC1CCN(C(=O)c2n[nH]c(C3CC3)n2)C1. The Labute approximate surface area is 106 Å². The number of carbonyl (C=O) groups is 1. The van der Waals surface area contributed by atoms with Crippen molar-refractivity contribution in [1.82, 2.24) is 25.4 Å². The number of likely N-dealkylation sites (tertiary alicyclic amines) is 1. The third kappa shape index (κ3) is 2.25. The van der Waals surface area contributed by atoms with E-state index in [9.17, 15) is 4.79 Å². The maximum Gasteiger partial charge on any atom is 0.293 e. The van der Waals surface area contributed by atoms with Gasteiger partial charge in [0.1, 0.15) is 5.82 Å². The molecular weight excluding hydrogens is 230 g/mol. The summed E-state index contributed by atoms with van der Waals surface area (Å²) in [5.41, 5.74) is 0. The molecule has 1 aromatic heterocycles. The van der Waals surface area contributed by atoms with E-state index in [0.29, 0.717) is 17.7 Å². The number of hydrogen-bond acceptors (Lipinski definition) is 4. The van der Waals surface area contributed by atoms with Crippen molar-refractivity contribution in [2.75, 3.05) is 26.7 Å². The van der Waals surface area contributed by atoms with Crippen molar-refractivity contribution in [2.45, 2.75) is 25.2 Å². The highest BCUT2D eigenvalue weighted by molar-refractivity contribution is 5.90. The second-order valence-electron chi connectivity index (χ2n) is 5.28. The van der Waals surface area contributed by atoms with Crippen LogP contribution in [0.15, 0.2) is 0 Å². The van der Waals surface area contributed by atoms with Crippen LogP contribution >= 0.6 is 0 Å². The summed E-state index contributed by atoms with van der Waals surface area (Å²) >= 11 is 0. The van der Waals surface area contributed by atoms with Crippen molar-refractivity contribution < 1.29 is 4.79 Å². The smallest absolute Gasteiger partial charge is 0.293 e. The molecule has 18 heavy (non-hydrogen) atoms. The summed E-state index contributed by atoms with van der Waals surface area (Å²) in [5.74, 6) is 2.25. The highest BCUT2D eigenvalue weighted by Crippen LogP contribution is 2.37. The van der Waals surface area contributed by atoms with E-state index in [2.05, 4.69) is 20.5 Å². The van der Waals surface area contributed by atoms with Crippen LogP contribution in [0.2, 0.25) is 0 Å². The Hall–Kier alpha value is -1.43. The molecule has 1 atom stereocenters. The van der Waals surface area contributed by atoms with Crippen LogP contribution in [0.5, 0.6) is 0 Å². The zero-order chi connectivity index (χ0) is 12.5. The molecule has 1 unspecified atom stereocenters. The lowest BCUT2D eigenvalue weighted by Crippen LogP contribution is -2.31. The summed E-state index contributed by atoms with van der Waals surface area (Å²) in [5, 5.41) is 10.1. The van der Waals surface area contributed by atoms with Gasteiger partial charge in [0.15, 0.2) is 0 Å². The van der Waals surface area contributed by atoms with Gasteiger partial charge in [-0.2, -0.15) is 0 Å². The lowest BCUT2D eigenvalue weighted by molar-refractivity contribution is 0.0775. The van der Waals surface area contributed by atoms with E-state index in [4.69, 9.17) is 0 Å². The number of rotatable bonds is 4. The molecular formula is C12H19N5O. The predicted octanol–water partition coefficient (Wildman–Crippen LogP) is 0.364. The molecule has 1 amide bonds. The van der Waals surface area contributed by atoms with Gasteiger partial charge in [0.2, 0.25) is 5.82 Å². The van der Waals surface area contributed by atoms with Gasteiger partial charge in [-0.25, -0.2) is 4.98 Å². The first-order valence-corrected chi connectivity index (χ1v) is 6.64. The lowest BCUT2D eigenvalue weighted by Gasteiger charge is -2.14. The van der Waals surface area contributed by atoms with E-state index in [1.54, 1.807) is 0 Å². The van der Waals surface area contributed by atoms with Crippen LogP contribution in [0.4, 0.5) is 0 Å². The van der Waals surface area contributed by atoms with Gasteiger partial charge in [0.05, 0.1) is 0 Å². The van der Waals surface area contributed by atoms with Crippen LogP contribution in [0, 0.1) is 5.92 Å². The Bertz CT molecular complexity index is 439. The van der Waals surface area contributed by atoms with Crippen LogP contribution < -0.4 is 5.32 Å². The van der Waals surface area contributed by atoms with Crippen molar-refractivity contribution in [3.63, 3.8) is 0 Å². The molecule has 3 rings (SSSR count). The minimum absolute atomic E-state index is 0.0308. The number of nitrogens with one attached hydrogen (secondary N) is 2. The maximum absolute atomic E-state index is 12.2. The Kier molecular flexibility index (Phi) is 3.03. The van der Waals surface area contributed by atoms with E-state index in [-0.39, 0.29) is 5.91 Å². The molecule has 0 spiro atoms. The lowest BCUT2D eigenvalue weighted by atomic mass is 10.1. The zero-order valence-electron chi connectivity index (χ0n) is 10.6. The first-order chi connectivity index (χ1) is 8.78. The summed E-state index contributed by atoms with van der Waals surface area (Å²) < 4.78 is 0. The van der Waals surface area contributed by atoms with Crippen molar-refractivity contribution >= 4 is 5.91 Å². The van der Waals surface area contributed by atoms with Gasteiger partial charge < -0.3 is 10.2 Å². The zero-order valence-corrected chi connectivity index (χ0v) is 10.6. The molecule has 0 aromatic carbocycles. The molecule has 98 valence electrons. The van der Waals surface area contributed by atoms with Crippen LogP contribution in [0.1, 0.15) is 41.6 Å². The van der Waals surface area contributed by atoms with Gasteiger partial charge in [-0.3, -0.25) is 9.89 Å². The molecule has 1 aliphatic heterocycles. The number of H-pyrrole nitrogens is 1. The summed E-state index contributed by atoms with van der Waals surface area (Å²) in [6, 6.07) is 0. The van der Waals surface area contributed by atoms with Crippen LogP contribution in [0.25, 0.3) is 0 Å². The number of aromatic nitrogens is 3. The molecule has 0 radical (unpaired) electrons. The molecule has 2 fully saturated rings. The Morgan fingerprint density at radius 2 is 2.33 bits per heavy atom. The van der Waals surface area contributed by atoms with E-state index in [0.717, 1.165) is 44.7 Å². The molecule has 2 heterocycles. The average Bonchev–Trinajstić information content (AvgIpc) is 2.93. The van der Waals surface area contributed by atoms with E-state index >= 15 is 0 Å². The van der Waals surface area contributed by atoms with Crippen LogP contribution in [-0.2, 0) is 0 Å². The topological polar surface area (TPSA) is 73.9 Å². The first kappa shape index (κ1) is 11.6. The van der Waals surface area contributed by atoms with Gasteiger partial charge in [0.25, 0.3) is 5.91 Å². The Balaban J connectivity index is 1.63. The molecule has 2 N–H and O–H groups in total. The minimum atomic E-state index is -0.0308. The molecule has 2 aliphatic rings. The predicted molar refractivity (Wildman–Crippen MR) is 66.3 cm³/mol. The van der Waals surface area contributed by atoms with Crippen LogP contribution in [0.3, 0.4) is 0 Å². The van der Waals surface area contributed by atoms with Gasteiger partial charge in [-0.1, -0.05) is 0 Å². The molecule has 0 bridgehead atoms. The van der Waals surface area contributed by atoms with Crippen molar-refractivity contribution in [1.29, 1.82) is 0 Å². The van der Waals surface area contributed by atoms with Gasteiger partial charge >= 0.3 is 0 Å². The minimum Gasteiger partial charge on any atom is -0.336 e. The molecule has 1 aliphatic carbocycles. The highest BCUT2D eigenvalue weighted by Gasteiger charge is 2.31. The fourth-order valence-electron chi connectivity index (χ4n) is 2.52. The van der Waals surface area contributed by atoms with E-state index < -0.39 is 0 Å². The number of carbonyl (C=O) groups excluding carboxylic acids is 1. The third-order valence-corrected chi connectivity index (χ3v) is 3.72. The second kappa shape index (κ2) is 4.68. The quantitative estimate of drug-likeness (QED) is 0.808. The van der Waals surface area contributed by atoms with E-state index in [1.165, 1.54) is 0 Å². The number of nitrogens with zero attached hydrogens (tertiary/aromatic N) is 3. The van der Waals surface area contributed by atoms with Gasteiger partial charge in [0, 0.05) is 19.0 Å². The molecule has 6 heteroatoms. The first-order valence-electron chi connectivity index (χ1n) is 6.64. The molecule has 1 saturated heterocycles. The number of hydrogen-bond donors (Lipinski definition) is 2. The molecule has 1 saturated carbocycles. The third-order valence-electron chi connectivity index (χ3n) is 3.72. The molecule has 1 aromatic rings. The average molecular weight is 249 g/mol. The van der Waals surface area contributed by atoms with Crippen molar-refractivity contribution in [3.8, 4) is 0 Å². The van der Waals surface area contributed by atoms with Gasteiger partial charge in [-0.05, 0) is 38.8 Å². The maximum atomic E-state index is 12.2. The Morgan fingerprint density at radius 3 is 3.06 bits per heavy atom. The summed E-state index contributed by atoms with van der Waals surface area (Å²) in [7, 11) is 1.95. The van der Waals surface area contributed by atoms with E-state index in [1.807, 2.05) is 11.9 Å². The summed E-state index contributed by atoms with van der Waals surface area (Å²) in [4.78, 5) is 18.4. The van der Waals surface area contributed by atoms with Crippen LogP contribution in [-0.4, -0.2) is 52.7 Å². The standard InChI is InChI=1S/C12H19N5O/c1-13-6-8-4-5-17(7-8)12(18)11-14-10(15-16-11)9-2-3-9/h8-9,13H,2-7H2,1H3,(H,14,15,16). The normalized spacial score (nSPS) is 23.6. The highest BCUT2D eigenvalue weighted by atomic mass is 16.2. The summed E-state index contributed by atoms with van der Waals surface area (Å²) in [6.45, 7) is 2.59. The monoisotopic (exact) mass is 249 g/mol. The number of amides is 1. The fraction of sp³-hybridized carbons (Fsp3) is 0.750. The van der Waals surface area contributed by atoms with Gasteiger partial charge in [-0.15, -0.1) is 5.10 Å². The fourth-order valence-corrected chi connectivity index (χ4v) is 2.52. The Morgan fingerprint density at radius 1 is 1.50 bits per heavy atom. The molecule has 6 nitrogen and oxygen atoms in total.